The van der Waals surface area contributed by atoms with Gasteiger partial charge in [-0.3, -0.25) is 14.5 Å². The molecule has 158 valence electrons. The monoisotopic (exact) mass is 431 g/mol. The van der Waals surface area contributed by atoms with Crippen molar-refractivity contribution in [1.29, 1.82) is 0 Å². The first-order valence-electron chi connectivity index (χ1n) is 10.1. The smallest absolute Gasteiger partial charge is 0.246 e. The van der Waals surface area contributed by atoms with Crippen molar-refractivity contribution in [3.05, 3.63) is 12.2 Å². The fourth-order valence-electron chi connectivity index (χ4n) is 5.09. The Morgan fingerprint density at radius 2 is 1.79 bits per heavy atom. The van der Waals surface area contributed by atoms with Crippen molar-refractivity contribution in [3.8, 4) is 0 Å². The minimum atomic E-state index is -3.60. The van der Waals surface area contributed by atoms with Gasteiger partial charge in [0.2, 0.25) is 21.8 Å². The van der Waals surface area contributed by atoms with E-state index in [1.807, 2.05) is 6.08 Å². The largest absolute Gasteiger partial charge is 0.333 e. The highest BCUT2D eigenvalue weighted by Gasteiger charge is 2.60. The standard InChI is InChI=1S/C19H29N3O4S.ClH/c1-27(25,26)22-15-9-13-21(18(15)17(19(22)24)14-7-8-14)16(23)6-5-12-20-10-3-2-4-11-20;/h5-6,14-15,17-18H,2-4,7-13H2,1H3;1H/b6-5+;/t15-,17+,18-;/m0./s1. The number of carbonyl (C=O) groups is 2. The van der Waals surface area contributed by atoms with Gasteiger partial charge in [0.15, 0.2) is 0 Å². The number of amides is 2. The van der Waals surface area contributed by atoms with E-state index in [1.165, 1.54) is 19.3 Å². The molecule has 0 N–H and O–H groups in total. The quantitative estimate of drug-likeness (QED) is 0.612. The second kappa shape index (κ2) is 8.32. The van der Waals surface area contributed by atoms with E-state index in [2.05, 4.69) is 4.90 Å². The van der Waals surface area contributed by atoms with Crippen molar-refractivity contribution >= 4 is 34.2 Å². The molecule has 0 spiro atoms. The maximum atomic E-state index is 12.8. The van der Waals surface area contributed by atoms with Crippen LogP contribution in [0, 0.1) is 11.8 Å². The number of carbonyl (C=O) groups excluding carboxylic acids is 2. The summed E-state index contributed by atoms with van der Waals surface area (Å²) in [5, 5.41) is 0. The molecule has 4 rings (SSSR count). The van der Waals surface area contributed by atoms with E-state index in [4.69, 9.17) is 0 Å². The maximum Gasteiger partial charge on any atom is 0.246 e. The second-order valence-corrected chi connectivity index (χ2v) is 10.3. The van der Waals surface area contributed by atoms with E-state index in [0.717, 1.165) is 43.0 Å². The summed E-state index contributed by atoms with van der Waals surface area (Å²) in [5.41, 5.74) is 0. The molecule has 4 aliphatic rings. The highest BCUT2D eigenvalue weighted by molar-refractivity contribution is 7.88. The van der Waals surface area contributed by atoms with Crippen LogP contribution in [0.25, 0.3) is 0 Å². The van der Waals surface area contributed by atoms with Crippen LogP contribution in [0.5, 0.6) is 0 Å². The summed E-state index contributed by atoms with van der Waals surface area (Å²) in [6, 6.07) is -0.690. The Hall–Kier alpha value is -1.12. The van der Waals surface area contributed by atoms with E-state index >= 15 is 0 Å². The van der Waals surface area contributed by atoms with Crippen molar-refractivity contribution in [2.24, 2.45) is 11.8 Å². The van der Waals surface area contributed by atoms with Crippen LogP contribution in [0.2, 0.25) is 0 Å². The van der Waals surface area contributed by atoms with Gasteiger partial charge in [-0.1, -0.05) is 12.5 Å². The van der Waals surface area contributed by atoms with Gasteiger partial charge in [0.1, 0.15) is 0 Å². The highest BCUT2D eigenvalue weighted by Crippen LogP contribution is 2.49. The van der Waals surface area contributed by atoms with E-state index in [1.54, 1.807) is 11.0 Å². The first-order chi connectivity index (χ1) is 12.9. The number of likely N-dealkylation sites (tertiary alicyclic amines) is 2. The van der Waals surface area contributed by atoms with E-state index in [9.17, 15) is 18.0 Å². The molecule has 0 aromatic carbocycles. The van der Waals surface area contributed by atoms with Crippen LogP contribution in [-0.2, 0) is 19.6 Å². The van der Waals surface area contributed by atoms with Gasteiger partial charge in [-0.05, 0) is 51.1 Å². The molecule has 0 aromatic rings. The average molecular weight is 432 g/mol. The molecule has 0 bridgehead atoms. The van der Waals surface area contributed by atoms with Crippen molar-refractivity contribution < 1.29 is 18.0 Å². The predicted molar refractivity (Wildman–Crippen MR) is 108 cm³/mol. The third-order valence-corrected chi connectivity index (χ3v) is 7.60. The lowest BCUT2D eigenvalue weighted by Crippen LogP contribution is -2.43. The third kappa shape index (κ3) is 4.09. The molecule has 0 aromatic heterocycles. The Labute approximate surface area is 173 Å². The number of piperidine rings is 1. The molecular formula is C19H30ClN3O4S. The minimum Gasteiger partial charge on any atom is -0.333 e. The SMILES string of the molecule is CS(=O)(=O)N1C(=O)[C@H](C2CC2)[C@@H]2[C@@H]1CCN2C(=O)/C=C/CN1CCCCC1.Cl. The zero-order valence-corrected chi connectivity index (χ0v) is 18.0. The Morgan fingerprint density at radius 1 is 1.11 bits per heavy atom. The zero-order valence-electron chi connectivity index (χ0n) is 16.3. The summed E-state index contributed by atoms with van der Waals surface area (Å²) in [6.45, 7) is 3.45. The zero-order chi connectivity index (χ0) is 19.2. The Balaban J connectivity index is 0.00000225. The molecule has 28 heavy (non-hydrogen) atoms. The van der Waals surface area contributed by atoms with Crippen molar-refractivity contribution in [2.45, 2.75) is 50.6 Å². The summed E-state index contributed by atoms with van der Waals surface area (Å²) in [5.74, 6) is -0.521. The van der Waals surface area contributed by atoms with Gasteiger partial charge < -0.3 is 4.90 Å². The molecule has 9 heteroatoms. The summed E-state index contributed by atoms with van der Waals surface area (Å²) in [7, 11) is -3.60. The van der Waals surface area contributed by atoms with Gasteiger partial charge in [-0.25, -0.2) is 12.7 Å². The fourth-order valence-corrected chi connectivity index (χ4v) is 6.26. The van der Waals surface area contributed by atoms with E-state index in [-0.39, 0.29) is 42.1 Å². The van der Waals surface area contributed by atoms with Crippen LogP contribution >= 0.6 is 12.4 Å². The molecule has 3 aliphatic heterocycles. The lowest BCUT2D eigenvalue weighted by Gasteiger charge is -2.27. The van der Waals surface area contributed by atoms with Crippen LogP contribution in [-0.4, -0.2) is 78.9 Å². The molecule has 0 radical (unpaired) electrons. The van der Waals surface area contributed by atoms with Gasteiger partial charge >= 0.3 is 0 Å². The molecule has 1 saturated carbocycles. The fraction of sp³-hybridized carbons (Fsp3) is 0.789. The van der Waals surface area contributed by atoms with Crippen molar-refractivity contribution in [2.75, 3.05) is 32.4 Å². The molecule has 4 fully saturated rings. The Morgan fingerprint density at radius 3 is 2.39 bits per heavy atom. The molecular weight excluding hydrogens is 402 g/mol. The minimum absolute atomic E-state index is 0. The van der Waals surface area contributed by atoms with Gasteiger partial charge in [-0.2, -0.15) is 0 Å². The average Bonchev–Trinajstić information content (AvgIpc) is 3.28. The molecule has 3 heterocycles. The lowest BCUT2D eigenvalue weighted by atomic mass is 9.94. The summed E-state index contributed by atoms with van der Waals surface area (Å²) < 4.78 is 25.4. The predicted octanol–water partition coefficient (Wildman–Crippen LogP) is 1.25. The van der Waals surface area contributed by atoms with Gasteiger partial charge in [-0.15, -0.1) is 12.4 Å². The van der Waals surface area contributed by atoms with Crippen LogP contribution in [0.15, 0.2) is 12.2 Å². The van der Waals surface area contributed by atoms with Gasteiger partial charge in [0, 0.05) is 19.2 Å². The Bertz CT molecular complexity index is 746. The van der Waals surface area contributed by atoms with E-state index in [0.29, 0.717) is 13.0 Å². The Kier molecular flexibility index (Phi) is 6.41. The van der Waals surface area contributed by atoms with Crippen LogP contribution in [0.3, 0.4) is 0 Å². The van der Waals surface area contributed by atoms with Crippen LogP contribution < -0.4 is 0 Å². The van der Waals surface area contributed by atoms with E-state index < -0.39 is 16.1 Å². The topological polar surface area (TPSA) is 78.0 Å². The van der Waals surface area contributed by atoms with Gasteiger partial charge in [0.05, 0.1) is 24.3 Å². The molecule has 3 atom stereocenters. The van der Waals surface area contributed by atoms with Crippen molar-refractivity contribution in [1.82, 2.24) is 14.1 Å². The third-order valence-electron chi connectivity index (χ3n) is 6.43. The number of hydrogen-bond acceptors (Lipinski definition) is 5. The number of rotatable bonds is 5. The second-order valence-electron chi connectivity index (χ2n) is 8.40. The molecule has 0 unspecified atom stereocenters. The van der Waals surface area contributed by atoms with Gasteiger partial charge in [0.25, 0.3) is 0 Å². The number of nitrogens with zero attached hydrogens (tertiary/aromatic N) is 3. The molecule has 3 saturated heterocycles. The molecule has 7 nitrogen and oxygen atoms in total. The molecule has 1 aliphatic carbocycles. The maximum absolute atomic E-state index is 12.8. The number of halogens is 1. The number of sulfonamides is 1. The first kappa shape index (κ1) is 21.6. The van der Waals surface area contributed by atoms with Crippen LogP contribution in [0.4, 0.5) is 0 Å². The molecule has 2 amide bonds. The van der Waals surface area contributed by atoms with Crippen molar-refractivity contribution in [3.63, 3.8) is 0 Å². The number of hydrogen-bond donors (Lipinski definition) is 0. The summed E-state index contributed by atoms with van der Waals surface area (Å²) >= 11 is 0. The normalized spacial score (nSPS) is 31.3. The number of fused-ring (bicyclic) bond motifs is 1. The van der Waals surface area contributed by atoms with Crippen LogP contribution in [0.1, 0.15) is 38.5 Å². The highest BCUT2D eigenvalue weighted by atomic mass is 35.5. The summed E-state index contributed by atoms with van der Waals surface area (Å²) in [4.78, 5) is 29.7. The first-order valence-corrected chi connectivity index (χ1v) is 12.0. The summed E-state index contributed by atoms with van der Waals surface area (Å²) in [6.07, 6.45) is 10.8. The lowest BCUT2D eigenvalue weighted by molar-refractivity contribution is -0.131.